The van der Waals surface area contributed by atoms with Gasteiger partial charge in [-0.05, 0) is 51.8 Å². The molecular formula is C18H25NO6S. The fraction of sp³-hybridized carbons (Fsp3) is 0.556. The summed E-state index contributed by atoms with van der Waals surface area (Å²) < 4.78 is 36.8. The van der Waals surface area contributed by atoms with E-state index in [-0.39, 0.29) is 10.5 Å². The van der Waals surface area contributed by atoms with Crippen molar-refractivity contribution >= 4 is 22.0 Å². The number of sulfonamides is 1. The van der Waals surface area contributed by atoms with Gasteiger partial charge in [-0.2, -0.15) is 4.31 Å². The van der Waals surface area contributed by atoms with Crippen molar-refractivity contribution in [2.24, 2.45) is 0 Å². The van der Waals surface area contributed by atoms with Gasteiger partial charge in [-0.1, -0.05) is 12.5 Å². The Hall–Kier alpha value is -1.93. The van der Waals surface area contributed by atoms with Crippen LogP contribution in [0.1, 0.15) is 50.4 Å². The van der Waals surface area contributed by atoms with Gasteiger partial charge in [0.2, 0.25) is 10.0 Å². The topological polar surface area (TPSA) is 90.0 Å². The van der Waals surface area contributed by atoms with Gasteiger partial charge in [0.05, 0.1) is 10.5 Å². The van der Waals surface area contributed by atoms with Crippen molar-refractivity contribution in [2.75, 3.05) is 19.7 Å². The smallest absolute Gasteiger partial charge is 0.344 e. The summed E-state index contributed by atoms with van der Waals surface area (Å²) in [5, 5.41) is 0. The van der Waals surface area contributed by atoms with E-state index in [1.165, 1.54) is 28.6 Å². The molecule has 1 aliphatic heterocycles. The van der Waals surface area contributed by atoms with Gasteiger partial charge >= 0.3 is 11.9 Å². The van der Waals surface area contributed by atoms with Gasteiger partial charge in [0, 0.05) is 13.1 Å². The number of esters is 2. The summed E-state index contributed by atoms with van der Waals surface area (Å²) in [5.41, 5.74) is -0.599. The van der Waals surface area contributed by atoms with Crippen molar-refractivity contribution in [3.05, 3.63) is 29.8 Å². The molecule has 1 aromatic rings. The molecule has 0 spiro atoms. The first-order valence-electron chi connectivity index (χ1n) is 8.59. The van der Waals surface area contributed by atoms with E-state index in [0.29, 0.717) is 13.1 Å². The molecule has 0 atom stereocenters. The second-order valence-corrected chi connectivity index (χ2v) is 9.09. The first kappa shape index (κ1) is 20.4. The molecule has 1 aromatic carbocycles. The van der Waals surface area contributed by atoms with Crippen LogP contribution in [0, 0.1) is 0 Å². The van der Waals surface area contributed by atoms with Gasteiger partial charge in [-0.15, -0.1) is 0 Å². The molecule has 0 radical (unpaired) electrons. The monoisotopic (exact) mass is 383 g/mol. The fourth-order valence-corrected chi connectivity index (χ4v) is 4.18. The summed E-state index contributed by atoms with van der Waals surface area (Å²) in [6.07, 6.45) is 2.68. The molecule has 8 heteroatoms. The summed E-state index contributed by atoms with van der Waals surface area (Å²) in [4.78, 5) is 23.8. The third-order valence-electron chi connectivity index (χ3n) is 3.76. The highest BCUT2D eigenvalue weighted by Crippen LogP contribution is 2.21. The highest BCUT2D eigenvalue weighted by atomic mass is 32.2. The maximum absolute atomic E-state index is 12.7. The second-order valence-electron chi connectivity index (χ2n) is 7.16. The Morgan fingerprint density at radius 2 is 1.77 bits per heavy atom. The standard InChI is InChI=1S/C18H25NO6S/c1-18(2,3)25-16(20)13-24-17(21)14-8-7-9-15(12-14)26(22,23)19-10-5-4-6-11-19/h7-9,12H,4-6,10-11,13H2,1-3H3. The van der Waals surface area contributed by atoms with Crippen molar-refractivity contribution in [2.45, 2.75) is 50.5 Å². The van der Waals surface area contributed by atoms with E-state index in [4.69, 9.17) is 9.47 Å². The molecule has 1 heterocycles. The zero-order chi connectivity index (χ0) is 19.4. The Morgan fingerprint density at radius 1 is 1.12 bits per heavy atom. The summed E-state index contributed by atoms with van der Waals surface area (Å²) in [7, 11) is -3.64. The number of hydrogen-bond acceptors (Lipinski definition) is 6. The van der Waals surface area contributed by atoms with Gasteiger partial charge in [0.1, 0.15) is 5.60 Å². The number of carbonyl (C=O) groups is 2. The van der Waals surface area contributed by atoms with E-state index in [2.05, 4.69) is 0 Å². The predicted octanol–water partition coefficient (Wildman–Crippen LogP) is 2.36. The number of benzene rings is 1. The van der Waals surface area contributed by atoms with Crippen LogP contribution in [0.3, 0.4) is 0 Å². The first-order chi connectivity index (χ1) is 12.1. The average molecular weight is 383 g/mol. The first-order valence-corrected chi connectivity index (χ1v) is 10.0. The van der Waals surface area contributed by atoms with Crippen LogP contribution in [0.2, 0.25) is 0 Å². The van der Waals surface area contributed by atoms with Crippen molar-refractivity contribution in [1.82, 2.24) is 4.31 Å². The lowest BCUT2D eigenvalue weighted by Crippen LogP contribution is -2.35. The average Bonchev–Trinajstić information content (AvgIpc) is 2.59. The largest absolute Gasteiger partial charge is 0.457 e. The second kappa shape index (κ2) is 8.18. The molecule has 0 N–H and O–H groups in total. The maximum atomic E-state index is 12.7. The zero-order valence-electron chi connectivity index (χ0n) is 15.4. The van der Waals surface area contributed by atoms with Crippen molar-refractivity contribution in [3.63, 3.8) is 0 Å². The van der Waals surface area contributed by atoms with Gasteiger partial charge in [-0.25, -0.2) is 18.0 Å². The normalized spacial score (nSPS) is 16.1. The van der Waals surface area contributed by atoms with Gasteiger partial charge in [-0.3, -0.25) is 0 Å². The molecule has 144 valence electrons. The van der Waals surface area contributed by atoms with Crippen molar-refractivity contribution < 1.29 is 27.5 Å². The Kier molecular flexibility index (Phi) is 6.41. The van der Waals surface area contributed by atoms with E-state index in [0.717, 1.165) is 19.3 Å². The maximum Gasteiger partial charge on any atom is 0.344 e. The lowest BCUT2D eigenvalue weighted by Gasteiger charge is -2.26. The van der Waals surface area contributed by atoms with E-state index >= 15 is 0 Å². The quantitative estimate of drug-likeness (QED) is 0.725. The molecule has 1 fully saturated rings. The van der Waals surface area contributed by atoms with Crippen LogP contribution in [0.4, 0.5) is 0 Å². The molecular weight excluding hydrogens is 358 g/mol. The van der Waals surface area contributed by atoms with Crippen molar-refractivity contribution in [1.29, 1.82) is 0 Å². The summed E-state index contributed by atoms with van der Waals surface area (Å²) in [6.45, 7) is 5.56. The van der Waals surface area contributed by atoms with E-state index in [1.807, 2.05) is 0 Å². The zero-order valence-corrected chi connectivity index (χ0v) is 16.2. The number of hydrogen-bond donors (Lipinski definition) is 0. The summed E-state index contributed by atoms with van der Waals surface area (Å²) >= 11 is 0. The van der Waals surface area contributed by atoms with Gasteiger partial charge in [0.15, 0.2) is 6.61 Å². The van der Waals surface area contributed by atoms with Crippen molar-refractivity contribution in [3.8, 4) is 0 Å². The van der Waals surface area contributed by atoms with Crippen LogP contribution in [0.15, 0.2) is 29.2 Å². The molecule has 1 aliphatic rings. The Bertz CT molecular complexity index is 760. The molecule has 2 rings (SSSR count). The number of ether oxygens (including phenoxy) is 2. The lowest BCUT2D eigenvalue weighted by atomic mass is 10.2. The third-order valence-corrected chi connectivity index (χ3v) is 5.66. The lowest BCUT2D eigenvalue weighted by molar-refractivity contribution is -0.158. The molecule has 7 nitrogen and oxygen atoms in total. The van der Waals surface area contributed by atoms with E-state index in [1.54, 1.807) is 20.8 Å². The molecule has 0 aliphatic carbocycles. The summed E-state index contributed by atoms with van der Waals surface area (Å²) in [6, 6.07) is 5.67. The van der Waals surface area contributed by atoms with Crippen LogP contribution < -0.4 is 0 Å². The van der Waals surface area contributed by atoms with Crippen LogP contribution >= 0.6 is 0 Å². The Balaban J connectivity index is 2.06. The summed E-state index contributed by atoms with van der Waals surface area (Å²) in [5.74, 6) is -1.44. The van der Waals surface area contributed by atoms with E-state index < -0.39 is 34.2 Å². The molecule has 26 heavy (non-hydrogen) atoms. The minimum atomic E-state index is -3.64. The molecule has 0 aromatic heterocycles. The molecule has 0 saturated carbocycles. The molecule has 0 bridgehead atoms. The fourth-order valence-electron chi connectivity index (χ4n) is 2.62. The minimum Gasteiger partial charge on any atom is -0.457 e. The third kappa shape index (κ3) is 5.54. The van der Waals surface area contributed by atoms with Crippen LogP contribution in [-0.4, -0.2) is 50.0 Å². The minimum absolute atomic E-state index is 0.0473. The highest BCUT2D eigenvalue weighted by Gasteiger charge is 2.27. The van der Waals surface area contributed by atoms with Gasteiger partial charge < -0.3 is 9.47 Å². The highest BCUT2D eigenvalue weighted by molar-refractivity contribution is 7.89. The number of piperidine rings is 1. The number of nitrogens with zero attached hydrogens (tertiary/aromatic N) is 1. The predicted molar refractivity (Wildman–Crippen MR) is 95.2 cm³/mol. The van der Waals surface area contributed by atoms with Crippen LogP contribution in [-0.2, 0) is 24.3 Å². The Morgan fingerprint density at radius 3 is 2.38 bits per heavy atom. The van der Waals surface area contributed by atoms with Crippen LogP contribution in [0.5, 0.6) is 0 Å². The Labute approximate surface area is 154 Å². The van der Waals surface area contributed by atoms with Gasteiger partial charge in [0.25, 0.3) is 0 Å². The van der Waals surface area contributed by atoms with Crippen LogP contribution in [0.25, 0.3) is 0 Å². The molecule has 0 amide bonds. The molecule has 1 saturated heterocycles. The SMILES string of the molecule is CC(C)(C)OC(=O)COC(=O)c1cccc(S(=O)(=O)N2CCCCC2)c1. The van der Waals surface area contributed by atoms with E-state index in [9.17, 15) is 18.0 Å². The molecule has 0 unspecified atom stereocenters. The number of carbonyl (C=O) groups excluding carboxylic acids is 2. The number of rotatable bonds is 5.